The molecule has 0 atom stereocenters. The number of nitrogens with one attached hydrogen (secondary N) is 2. The first kappa shape index (κ1) is 15.6. The molecule has 0 bridgehead atoms. The van der Waals surface area contributed by atoms with Gasteiger partial charge in [0.05, 0.1) is 7.57 Å². The molecule has 0 amide bonds. The van der Waals surface area contributed by atoms with Crippen molar-refractivity contribution in [2.24, 2.45) is 5.92 Å². The fourth-order valence-electron chi connectivity index (χ4n) is 1.45. The fourth-order valence-corrected chi connectivity index (χ4v) is 4.27. The molecule has 17 heavy (non-hydrogen) atoms. The van der Waals surface area contributed by atoms with Crippen molar-refractivity contribution in [3.63, 3.8) is 0 Å². The van der Waals surface area contributed by atoms with Crippen molar-refractivity contribution in [1.29, 1.82) is 0 Å². The zero-order chi connectivity index (χ0) is 12.7. The number of hydrogen-bond donors (Lipinski definition) is 2. The van der Waals surface area contributed by atoms with Gasteiger partial charge in [-0.05, 0) is 75.5 Å². The number of hydrogen-bond acceptors (Lipinski definition) is 3. The molecule has 0 aliphatic heterocycles. The Bertz CT molecular complexity index is 326. The zero-order valence-electron chi connectivity index (χ0n) is 10.4. The number of thiophene rings is 1. The van der Waals surface area contributed by atoms with Gasteiger partial charge in [-0.1, -0.05) is 13.8 Å². The average molecular weight is 384 g/mol. The molecule has 98 valence electrons. The van der Waals surface area contributed by atoms with E-state index in [1.807, 2.05) is 0 Å². The lowest BCUT2D eigenvalue weighted by Gasteiger charge is -2.07. The first-order valence-electron chi connectivity index (χ1n) is 5.94. The summed E-state index contributed by atoms with van der Waals surface area (Å²) in [6.07, 6.45) is 1.18. The molecule has 0 radical (unpaired) electrons. The maximum Gasteiger partial charge on any atom is 0.0755 e. The van der Waals surface area contributed by atoms with Crippen molar-refractivity contribution in [1.82, 2.24) is 10.6 Å². The standard InChI is InChI=1S/C12H20Br2N2S/c1-9(2)7-15-4-3-5-16-8-10-6-11(13)17-12(10)14/h6,9,15-16H,3-5,7-8H2,1-2H3. The van der Waals surface area contributed by atoms with Gasteiger partial charge in [-0.2, -0.15) is 0 Å². The van der Waals surface area contributed by atoms with Gasteiger partial charge < -0.3 is 10.6 Å². The van der Waals surface area contributed by atoms with E-state index in [4.69, 9.17) is 0 Å². The Balaban J connectivity index is 2.03. The van der Waals surface area contributed by atoms with Gasteiger partial charge in [0.1, 0.15) is 0 Å². The van der Waals surface area contributed by atoms with Gasteiger partial charge in [0.25, 0.3) is 0 Å². The smallest absolute Gasteiger partial charge is 0.0755 e. The van der Waals surface area contributed by atoms with Gasteiger partial charge in [-0.15, -0.1) is 11.3 Å². The van der Waals surface area contributed by atoms with Crippen LogP contribution in [0.15, 0.2) is 13.6 Å². The zero-order valence-corrected chi connectivity index (χ0v) is 14.3. The van der Waals surface area contributed by atoms with Crippen molar-refractivity contribution < 1.29 is 0 Å². The van der Waals surface area contributed by atoms with Crippen LogP contribution in [0.25, 0.3) is 0 Å². The monoisotopic (exact) mass is 382 g/mol. The SMILES string of the molecule is CC(C)CNCCCNCc1cc(Br)sc1Br. The predicted molar refractivity (Wildman–Crippen MR) is 83.8 cm³/mol. The van der Waals surface area contributed by atoms with Crippen LogP contribution in [0.5, 0.6) is 0 Å². The van der Waals surface area contributed by atoms with Crippen LogP contribution in [0, 0.1) is 5.92 Å². The van der Waals surface area contributed by atoms with Crippen LogP contribution in [-0.2, 0) is 6.54 Å². The van der Waals surface area contributed by atoms with Crippen LogP contribution in [0.2, 0.25) is 0 Å². The maximum absolute atomic E-state index is 3.56. The minimum Gasteiger partial charge on any atom is -0.316 e. The minimum absolute atomic E-state index is 0.738. The summed E-state index contributed by atoms with van der Waals surface area (Å²) < 4.78 is 2.40. The van der Waals surface area contributed by atoms with Crippen LogP contribution >= 0.6 is 43.2 Å². The third-order valence-corrected chi connectivity index (χ3v) is 4.77. The Labute approximate surface area is 125 Å². The lowest BCUT2D eigenvalue weighted by molar-refractivity contribution is 0.530. The van der Waals surface area contributed by atoms with E-state index in [-0.39, 0.29) is 0 Å². The molecule has 0 saturated heterocycles. The van der Waals surface area contributed by atoms with Gasteiger partial charge in [-0.25, -0.2) is 0 Å². The van der Waals surface area contributed by atoms with E-state index >= 15 is 0 Å². The van der Waals surface area contributed by atoms with Gasteiger partial charge in [0, 0.05) is 6.54 Å². The van der Waals surface area contributed by atoms with Crippen molar-refractivity contribution in [2.75, 3.05) is 19.6 Å². The van der Waals surface area contributed by atoms with Crippen LogP contribution in [-0.4, -0.2) is 19.6 Å². The molecule has 0 aliphatic carbocycles. The van der Waals surface area contributed by atoms with Crippen molar-refractivity contribution in [3.05, 3.63) is 19.2 Å². The molecule has 1 aromatic rings. The highest BCUT2D eigenvalue weighted by molar-refractivity contribution is 9.12. The van der Waals surface area contributed by atoms with E-state index in [0.29, 0.717) is 0 Å². The van der Waals surface area contributed by atoms with Crippen molar-refractivity contribution >= 4 is 43.2 Å². The van der Waals surface area contributed by atoms with Gasteiger partial charge in [0.15, 0.2) is 0 Å². The van der Waals surface area contributed by atoms with E-state index < -0.39 is 0 Å². The Morgan fingerprint density at radius 3 is 2.53 bits per heavy atom. The highest BCUT2D eigenvalue weighted by Crippen LogP contribution is 2.31. The van der Waals surface area contributed by atoms with Crippen LogP contribution in [0.1, 0.15) is 25.8 Å². The molecule has 5 heteroatoms. The summed E-state index contributed by atoms with van der Waals surface area (Å²) in [7, 11) is 0. The predicted octanol–water partition coefficient (Wildman–Crippen LogP) is 4.00. The van der Waals surface area contributed by atoms with Gasteiger partial charge >= 0.3 is 0 Å². The molecule has 0 saturated carbocycles. The maximum atomic E-state index is 3.56. The molecule has 1 aromatic heterocycles. The molecule has 0 fully saturated rings. The number of halogens is 2. The molecule has 2 N–H and O–H groups in total. The Morgan fingerprint density at radius 1 is 1.24 bits per heavy atom. The molecule has 0 aromatic carbocycles. The van der Waals surface area contributed by atoms with Crippen LogP contribution in [0.4, 0.5) is 0 Å². The molecular formula is C12H20Br2N2S. The third kappa shape index (κ3) is 6.91. The van der Waals surface area contributed by atoms with Crippen molar-refractivity contribution in [2.45, 2.75) is 26.8 Å². The van der Waals surface area contributed by atoms with E-state index in [2.05, 4.69) is 62.4 Å². The second-order valence-electron chi connectivity index (χ2n) is 4.48. The lowest BCUT2D eigenvalue weighted by atomic mass is 10.2. The Morgan fingerprint density at radius 2 is 1.94 bits per heavy atom. The second kappa shape index (κ2) is 8.64. The summed E-state index contributed by atoms with van der Waals surface area (Å²) >= 11 is 8.78. The third-order valence-electron chi connectivity index (χ3n) is 2.30. The van der Waals surface area contributed by atoms with Crippen molar-refractivity contribution in [3.8, 4) is 0 Å². The minimum atomic E-state index is 0.738. The topological polar surface area (TPSA) is 24.1 Å². The van der Waals surface area contributed by atoms with Gasteiger partial charge in [-0.3, -0.25) is 0 Å². The largest absolute Gasteiger partial charge is 0.316 e. The molecule has 0 unspecified atom stereocenters. The fraction of sp³-hybridized carbons (Fsp3) is 0.667. The molecular weight excluding hydrogens is 364 g/mol. The van der Waals surface area contributed by atoms with Crippen LogP contribution in [0.3, 0.4) is 0 Å². The summed E-state index contributed by atoms with van der Waals surface area (Å²) in [6, 6.07) is 2.17. The highest BCUT2D eigenvalue weighted by atomic mass is 79.9. The average Bonchev–Trinajstić information content (AvgIpc) is 2.55. The van der Waals surface area contributed by atoms with E-state index in [9.17, 15) is 0 Å². The van der Waals surface area contributed by atoms with E-state index in [1.54, 1.807) is 11.3 Å². The summed E-state index contributed by atoms with van der Waals surface area (Å²) in [5.74, 6) is 0.738. The Kier molecular flexibility index (Phi) is 7.95. The first-order valence-corrected chi connectivity index (χ1v) is 8.35. The molecule has 2 nitrogen and oxygen atoms in total. The quantitative estimate of drug-likeness (QED) is 0.663. The highest BCUT2D eigenvalue weighted by Gasteiger charge is 2.03. The summed E-state index contributed by atoms with van der Waals surface area (Å²) in [5.41, 5.74) is 1.33. The van der Waals surface area contributed by atoms with Gasteiger partial charge in [0.2, 0.25) is 0 Å². The summed E-state index contributed by atoms with van der Waals surface area (Å²) in [4.78, 5) is 0. The molecule has 0 aliphatic rings. The molecule has 1 rings (SSSR count). The summed E-state index contributed by atoms with van der Waals surface area (Å²) in [5, 5.41) is 6.90. The second-order valence-corrected chi connectivity index (χ2v) is 8.23. The first-order chi connectivity index (χ1) is 8.09. The van der Waals surface area contributed by atoms with E-state index in [1.165, 1.54) is 19.6 Å². The summed E-state index contributed by atoms with van der Waals surface area (Å²) in [6.45, 7) is 8.68. The number of rotatable bonds is 8. The van der Waals surface area contributed by atoms with E-state index in [0.717, 1.165) is 32.1 Å². The lowest BCUT2D eigenvalue weighted by Crippen LogP contribution is -2.24. The Hall–Kier alpha value is 0.580. The normalized spacial score (nSPS) is 11.4. The van der Waals surface area contributed by atoms with Crippen LogP contribution < -0.4 is 10.6 Å². The molecule has 0 spiro atoms. The molecule has 1 heterocycles.